The minimum atomic E-state index is -0.953. The van der Waals surface area contributed by atoms with Gasteiger partial charge in [0, 0.05) is 18.7 Å². The van der Waals surface area contributed by atoms with E-state index < -0.39 is 18.0 Å². The smallest absolute Gasteiger partial charge is 0.273 e. The van der Waals surface area contributed by atoms with Crippen LogP contribution in [-0.4, -0.2) is 46.9 Å². The van der Waals surface area contributed by atoms with Gasteiger partial charge in [-0.05, 0) is 31.4 Å². The van der Waals surface area contributed by atoms with Crippen molar-refractivity contribution in [2.24, 2.45) is 11.7 Å². The number of nitrogens with one attached hydrogen (secondary N) is 1. The van der Waals surface area contributed by atoms with Crippen molar-refractivity contribution in [3.05, 3.63) is 35.4 Å². The Morgan fingerprint density at radius 1 is 1.16 bits per heavy atom. The number of amides is 3. The quantitative estimate of drug-likeness (QED) is 0.852. The zero-order valence-corrected chi connectivity index (χ0v) is 15.3. The highest BCUT2D eigenvalue weighted by molar-refractivity contribution is 6.02. The van der Waals surface area contributed by atoms with Crippen molar-refractivity contribution in [1.82, 2.24) is 15.3 Å². The molecule has 2 rings (SSSR count). The fraction of sp³-hybridized carbons (Fsp3) is 0.500. The summed E-state index contributed by atoms with van der Waals surface area (Å²) in [4.78, 5) is 38.3. The summed E-state index contributed by atoms with van der Waals surface area (Å²) in [5.41, 5.74) is 6.79. The highest BCUT2D eigenvalue weighted by Crippen LogP contribution is 2.27. The number of hydrazine groups is 1. The first-order chi connectivity index (χ1) is 11.7. The Bertz CT molecular complexity index is 687. The van der Waals surface area contributed by atoms with Gasteiger partial charge in [0.25, 0.3) is 11.8 Å². The Morgan fingerprint density at radius 3 is 2.32 bits per heavy atom. The predicted molar refractivity (Wildman–Crippen MR) is 94.2 cm³/mol. The van der Waals surface area contributed by atoms with Gasteiger partial charge < -0.3 is 11.1 Å². The van der Waals surface area contributed by atoms with Crippen LogP contribution in [0.3, 0.4) is 0 Å². The maximum atomic E-state index is 13.0. The number of nitrogens with two attached hydrogens (primary N) is 1. The number of likely N-dealkylation sites (N-methyl/N-ethyl adjacent to an activating group) is 1. The van der Waals surface area contributed by atoms with Crippen molar-refractivity contribution in [2.45, 2.75) is 45.8 Å². The summed E-state index contributed by atoms with van der Waals surface area (Å²) < 4.78 is 0. The van der Waals surface area contributed by atoms with Gasteiger partial charge in [0.05, 0.1) is 6.04 Å². The van der Waals surface area contributed by atoms with Gasteiger partial charge in [0.1, 0.15) is 6.04 Å². The average molecular weight is 346 g/mol. The van der Waals surface area contributed by atoms with E-state index in [9.17, 15) is 14.4 Å². The second kappa shape index (κ2) is 7.23. The van der Waals surface area contributed by atoms with Gasteiger partial charge in [-0.3, -0.25) is 19.4 Å². The van der Waals surface area contributed by atoms with Gasteiger partial charge in [-0.1, -0.05) is 32.0 Å². The summed E-state index contributed by atoms with van der Waals surface area (Å²) in [6.45, 7) is 7.34. The Kier molecular flexibility index (Phi) is 5.47. The number of carbonyl (C=O) groups excluding carboxylic acids is 3. The van der Waals surface area contributed by atoms with Crippen molar-refractivity contribution >= 4 is 17.7 Å². The molecule has 0 fully saturated rings. The molecule has 3 amide bonds. The lowest BCUT2D eigenvalue weighted by Gasteiger charge is -2.34. The minimum absolute atomic E-state index is 0.0670. The zero-order valence-electron chi connectivity index (χ0n) is 15.3. The maximum Gasteiger partial charge on any atom is 0.273 e. The van der Waals surface area contributed by atoms with Gasteiger partial charge in [-0.25, -0.2) is 5.01 Å². The molecule has 7 nitrogen and oxygen atoms in total. The summed E-state index contributed by atoms with van der Waals surface area (Å²) in [5.74, 6) is -1.13. The van der Waals surface area contributed by atoms with Crippen molar-refractivity contribution < 1.29 is 14.4 Å². The predicted octanol–water partition coefficient (Wildman–Crippen LogP) is 1.06. The van der Waals surface area contributed by atoms with Crippen LogP contribution in [0.2, 0.25) is 0 Å². The van der Waals surface area contributed by atoms with Crippen LogP contribution in [0.1, 0.15) is 49.7 Å². The molecule has 1 heterocycles. The molecule has 0 aromatic heterocycles. The van der Waals surface area contributed by atoms with Gasteiger partial charge in [0.2, 0.25) is 5.91 Å². The van der Waals surface area contributed by atoms with Crippen LogP contribution in [0.15, 0.2) is 24.3 Å². The standard InChI is InChI=1S/C18H26N4O3/c1-10(2)14(19)16(23)20-15-12-8-6-7-9-13(12)17(24)22(11(3)4)21(5)18(15)25/h6-11,14-15H,19H2,1-5H3,(H,20,23)/t14-,15+/m0/s1. The van der Waals surface area contributed by atoms with Crippen LogP contribution in [0.25, 0.3) is 0 Å². The van der Waals surface area contributed by atoms with Crippen LogP contribution < -0.4 is 11.1 Å². The summed E-state index contributed by atoms with van der Waals surface area (Å²) >= 11 is 0. The molecule has 1 aromatic rings. The van der Waals surface area contributed by atoms with Crippen molar-refractivity contribution in [3.63, 3.8) is 0 Å². The molecule has 1 aliphatic heterocycles. The van der Waals surface area contributed by atoms with E-state index in [1.54, 1.807) is 24.3 Å². The summed E-state index contributed by atoms with van der Waals surface area (Å²) in [6.07, 6.45) is 0. The molecule has 1 aromatic carbocycles. The van der Waals surface area contributed by atoms with E-state index >= 15 is 0 Å². The van der Waals surface area contributed by atoms with E-state index in [1.807, 2.05) is 27.7 Å². The monoisotopic (exact) mass is 346 g/mol. The molecule has 25 heavy (non-hydrogen) atoms. The fourth-order valence-electron chi connectivity index (χ4n) is 2.89. The highest BCUT2D eigenvalue weighted by atomic mass is 16.2. The molecule has 0 saturated carbocycles. The molecular weight excluding hydrogens is 320 g/mol. The Labute approximate surface area is 148 Å². The molecule has 0 aliphatic carbocycles. The van der Waals surface area contributed by atoms with Crippen molar-refractivity contribution in [1.29, 1.82) is 0 Å². The van der Waals surface area contributed by atoms with Crippen LogP contribution in [0, 0.1) is 5.92 Å². The first kappa shape index (κ1) is 18.9. The van der Waals surface area contributed by atoms with Crippen LogP contribution >= 0.6 is 0 Å². The van der Waals surface area contributed by atoms with Gasteiger partial charge in [-0.2, -0.15) is 0 Å². The minimum Gasteiger partial charge on any atom is -0.339 e. The van der Waals surface area contributed by atoms with Crippen molar-refractivity contribution in [2.75, 3.05) is 7.05 Å². The van der Waals surface area contributed by atoms with E-state index in [1.165, 1.54) is 17.1 Å². The largest absolute Gasteiger partial charge is 0.339 e. The molecule has 136 valence electrons. The fourth-order valence-corrected chi connectivity index (χ4v) is 2.89. The highest BCUT2D eigenvalue weighted by Gasteiger charge is 2.39. The lowest BCUT2D eigenvalue weighted by Crippen LogP contribution is -2.53. The number of rotatable bonds is 4. The second-order valence-corrected chi connectivity index (χ2v) is 6.90. The van der Waals surface area contributed by atoms with E-state index in [0.717, 1.165) is 0 Å². The first-order valence-electron chi connectivity index (χ1n) is 8.42. The third kappa shape index (κ3) is 3.51. The molecule has 0 saturated heterocycles. The lowest BCUT2D eigenvalue weighted by atomic mass is 9.98. The van der Waals surface area contributed by atoms with E-state index in [0.29, 0.717) is 11.1 Å². The van der Waals surface area contributed by atoms with E-state index in [2.05, 4.69) is 5.32 Å². The molecule has 0 radical (unpaired) electrons. The molecule has 3 N–H and O–H groups in total. The molecular formula is C18H26N4O3. The van der Waals surface area contributed by atoms with Gasteiger partial charge >= 0.3 is 0 Å². The third-order valence-corrected chi connectivity index (χ3v) is 4.40. The third-order valence-electron chi connectivity index (χ3n) is 4.40. The number of carbonyl (C=O) groups is 3. The second-order valence-electron chi connectivity index (χ2n) is 6.90. The average Bonchev–Trinajstić information content (AvgIpc) is 2.64. The summed E-state index contributed by atoms with van der Waals surface area (Å²) in [7, 11) is 1.54. The molecule has 0 spiro atoms. The first-order valence-corrected chi connectivity index (χ1v) is 8.42. The number of fused-ring (bicyclic) bond motifs is 1. The Hall–Kier alpha value is -2.41. The molecule has 7 heteroatoms. The molecule has 2 atom stereocenters. The number of hydrogen-bond acceptors (Lipinski definition) is 4. The number of nitrogens with zero attached hydrogens (tertiary/aromatic N) is 2. The summed E-state index contributed by atoms with van der Waals surface area (Å²) in [6, 6.07) is 4.95. The Morgan fingerprint density at radius 2 is 1.76 bits per heavy atom. The lowest BCUT2D eigenvalue weighted by molar-refractivity contribution is -0.147. The molecule has 1 aliphatic rings. The topological polar surface area (TPSA) is 95.7 Å². The Balaban J connectivity index is 2.49. The summed E-state index contributed by atoms with van der Waals surface area (Å²) in [5, 5.41) is 5.40. The number of benzene rings is 1. The maximum absolute atomic E-state index is 13.0. The number of hydrogen-bond donors (Lipinski definition) is 2. The van der Waals surface area contributed by atoms with Gasteiger partial charge in [-0.15, -0.1) is 0 Å². The molecule has 0 bridgehead atoms. The SMILES string of the molecule is CC(C)[C@H](N)C(=O)N[C@H]1C(=O)N(C)N(C(C)C)C(=O)c2ccccc21. The molecule has 0 unspecified atom stereocenters. The van der Waals surface area contributed by atoms with Crippen LogP contribution in [0.4, 0.5) is 0 Å². The zero-order chi connectivity index (χ0) is 18.9. The van der Waals surface area contributed by atoms with Crippen LogP contribution in [0.5, 0.6) is 0 Å². The van der Waals surface area contributed by atoms with E-state index in [4.69, 9.17) is 5.73 Å². The van der Waals surface area contributed by atoms with Gasteiger partial charge in [0.15, 0.2) is 0 Å². The van der Waals surface area contributed by atoms with Crippen LogP contribution in [-0.2, 0) is 9.59 Å². The normalized spacial score (nSPS) is 19.1. The van der Waals surface area contributed by atoms with E-state index in [-0.39, 0.29) is 23.8 Å². The van der Waals surface area contributed by atoms with Crippen molar-refractivity contribution in [3.8, 4) is 0 Å².